The van der Waals surface area contributed by atoms with Gasteiger partial charge in [-0.2, -0.15) is 0 Å². The Morgan fingerprint density at radius 2 is 1.00 bits per heavy atom. The van der Waals surface area contributed by atoms with Crippen LogP contribution in [0.3, 0.4) is 0 Å². The van der Waals surface area contributed by atoms with Crippen molar-refractivity contribution in [1.29, 1.82) is 0 Å². The lowest BCUT2D eigenvalue weighted by Gasteiger charge is -2.18. The van der Waals surface area contributed by atoms with Gasteiger partial charge in [0, 0.05) is 20.1 Å². The van der Waals surface area contributed by atoms with Crippen molar-refractivity contribution < 1.29 is 9.47 Å². The maximum absolute atomic E-state index is 5.73. The van der Waals surface area contributed by atoms with E-state index in [-0.39, 0.29) is 0 Å². The van der Waals surface area contributed by atoms with Crippen LogP contribution in [-0.4, -0.2) is 14.2 Å². The molecule has 0 amide bonds. The van der Waals surface area contributed by atoms with Crippen molar-refractivity contribution in [2.24, 2.45) is 0 Å². The SMILES string of the molecule is COc1ccc2cc(Br)ccc2c1-c1c(OC)ccc2cc(Br)ccc12. The summed E-state index contributed by atoms with van der Waals surface area (Å²) < 4.78 is 13.6. The molecule has 4 heteroatoms. The van der Waals surface area contributed by atoms with Gasteiger partial charge < -0.3 is 9.47 Å². The predicted molar refractivity (Wildman–Crippen MR) is 115 cm³/mol. The van der Waals surface area contributed by atoms with Gasteiger partial charge in [-0.1, -0.05) is 56.1 Å². The fraction of sp³-hybridized carbons (Fsp3) is 0.0909. The van der Waals surface area contributed by atoms with Gasteiger partial charge in [0.15, 0.2) is 0 Å². The summed E-state index contributed by atoms with van der Waals surface area (Å²) in [7, 11) is 3.41. The van der Waals surface area contributed by atoms with Crippen LogP contribution in [0.5, 0.6) is 11.5 Å². The summed E-state index contributed by atoms with van der Waals surface area (Å²) in [4.78, 5) is 0. The van der Waals surface area contributed by atoms with Crippen LogP contribution in [-0.2, 0) is 0 Å². The van der Waals surface area contributed by atoms with Crippen molar-refractivity contribution in [2.45, 2.75) is 0 Å². The molecule has 0 unspecified atom stereocenters. The zero-order valence-corrected chi connectivity index (χ0v) is 17.5. The van der Waals surface area contributed by atoms with Crippen molar-refractivity contribution >= 4 is 53.4 Å². The molecule has 2 nitrogen and oxygen atoms in total. The van der Waals surface area contributed by atoms with Crippen molar-refractivity contribution in [3.8, 4) is 22.6 Å². The fourth-order valence-electron chi connectivity index (χ4n) is 3.42. The van der Waals surface area contributed by atoms with E-state index in [1.54, 1.807) is 14.2 Å². The van der Waals surface area contributed by atoms with Gasteiger partial charge in [-0.05, 0) is 57.9 Å². The Hall–Kier alpha value is -2.04. The van der Waals surface area contributed by atoms with E-state index in [0.29, 0.717) is 0 Å². The first kappa shape index (κ1) is 17.4. The minimum Gasteiger partial charge on any atom is -0.496 e. The minimum absolute atomic E-state index is 0.827. The van der Waals surface area contributed by atoms with Gasteiger partial charge in [-0.25, -0.2) is 0 Å². The molecule has 0 bridgehead atoms. The molecule has 0 aliphatic heterocycles. The highest BCUT2D eigenvalue weighted by molar-refractivity contribution is 9.10. The van der Waals surface area contributed by atoms with E-state index in [1.807, 2.05) is 12.1 Å². The van der Waals surface area contributed by atoms with Gasteiger partial charge in [-0.15, -0.1) is 0 Å². The van der Waals surface area contributed by atoms with Crippen molar-refractivity contribution in [1.82, 2.24) is 0 Å². The number of rotatable bonds is 3. The van der Waals surface area contributed by atoms with Crippen LogP contribution in [0.15, 0.2) is 69.6 Å². The van der Waals surface area contributed by atoms with E-state index in [2.05, 4.69) is 80.4 Å². The van der Waals surface area contributed by atoms with Gasteiger partial charge in [0.2, 0.25) is 0 Å². The molecule has 0 aliphatic rings. The molecule has 4 aromatic rings. The van der Waals surface area contributed by atoms with Gasteiger partial charge in [0.05, 0.1) is 14.2 Å². The highest BCUT2D eigenvalue weighted by atomic mass is 79.9. The molecule has 130 valence electrons. The Balaban J connectivity index is 2.19. The second-order valence-corrected chi connectivity index (χ2v) is 7.85. The summed E-state index contributed by atoms with van der Waals surface area (Å²) >= 11 is 7.13. The first-order valence-electron chi connectivity index (χ1n) is 8.15. The molecule has 0 aromatic heterocycles. The summed E-state index contributed by atoms with van der Waals surface area (Å²) in [5.74, 6) is 1.65. The lowest BCUT2D eigenvalue weighted by molar-refractivity contribution is 0.411. The standard InChI is InChI=1S/C22H16Br2O2/c1-25-19-9-3-13-11-15(23)5-7-17(13)21(19)22-18-8-6-16(24)12-14(18)4-10-20(22)26-2/h3-12H,1-2H3. The molecule has 0 fully saturated rings. The zero-order valence-electron chi connectivity index (χ0n) is 14.3. The lowest BCUT2D eigenvalue weighted by atomic mass is 9.92. The number of benzene rings is 4. The number of fused-ring (bicyclic) bond motifs is 2. The number of hydrogen-bond acceptors (Lipinski definition) is 2. The molecular weight excluding hydrogens is 456 g/mol. The fourth-order valence-corrected chi connectivity index (χ4v) is 4.17. The molecule has 0 saturated heterocycles. The number of halogens is 2. The summed E-state index contributed by atoms with van der Waals surface area (Å²) in [6.45, 7) is 0. The zero-order chi connectivity index (χ0) is 18.3. The first-order chi connectivity index (χ1) is 12.6. The highest BCUT2D eigenvalue weighted by Gasteiger charge is 2.18. The molecular formula is C22H16Br2O2. The molecule has 26 heavy (non-hydrogen) atoms. The Bertz CT molecular complexity index is 1040. The van der Waals surface area contributed by atoms with Crippen LogP contribution in [0.4, 0.5) is 0 Å². The Morgan fingerprint density at radius 3 is 1.38 bits per heavy atom. The van der Waals surface area contributed by atoms with Crippen molar-refractivity contribution in [2.75, 3.05) is 14.2 Å². The molecule has 0 spiro atoms. The molecule has 0 saturated carbocycles. The second-order valence-electron chi connectivity index (χ2n) is 6.02. The summed E-state index contributed by atoms with van der Waals surface area (Å²) in [6, 6.07) is 20.8. The van der Waals surface area contributed by atoms with Crippen molar-refractivity contribution in [3.05, 3.63) is 69.6 Å². The maximum atomic E-state index is 5.73. The molecule has 0 heterocycles. The van der Waals surface area contributed by atoms with E-state index in [0.717, 1.165) is 53.1 Å². The van der Waals surface area contributed by atoms with E-state index < -0.39 is 0 Å². The first-order valence-corrected chi connectivity index (χ1v) is 9.74. The van der Waals surface area contributed by atoms with Crippen LogP contribution in [0.1, 0.15) is 0 Å². The highest BCUT2D eigenvalue weighted by Crippen LogP contribution is 2.45. The lowest BCUT2D eigenvalue weighted by Crippen LogP contribution is -1.94. The monoisotopic (exact) mass is 470 g/mol. The molecule has 4 rings (SSSR count). The average Bonchev–Trinajstić information content (AvgIpc) is 2.65. The van der Waals surface area contributed by atoms with E-state index >= 15 is 0 Å². The predicted octanol–water partition coefficient (Wildman–Crippen LogP) is 7.20. The quantitative estimate of drug-likeness (QED) is 0.314. The molecule has 0 aliphatic carbocycles. The van der Waals surface area contributed by atoms with Gasteiger partial charge >= 0.3 is 0 Å². The Labute approximate surface area is 169 Å². The Kier molecular flexibility index (Phi) is 4.63. The van der Waals surface area contributed by atoms with Crippen LogP contribution in [0.25, 0.3) is 32.7 Å². The molecule has 0 N–H and O–H groups in total. The largest absolute Gasteiger partial charge is 0.496 e. The smallest absolute Gasteiger partial charge is 0.127 e. The van der Waals surface area contributed by atoms with Crippen LogP contribution in [0.2, 0.25) is 0 Å². The normalized spacial score (nSPS) is 11.1. The van der Waals surface area contributed by atoms with E-state index in [4.69, 9.17) is 9.47 Å². The second kappa shape index (κ2) is 6.93. The van der Waals surface area contributed by atoms with E-state index in [9.17, 15) is 0 Å². The average molecular weight is 472 g/mol. The number of hydrogen-bond donors (Lipinski definition) is 0. The summed E-state index contributed by atoms with van der Waals surface area (Å²) in [5.41, 5.74) is 2.09. The topological polar surface area (TPSA) is 18.5 Å². The van der Waals surface area contributed by atoms with Crippen molar-refractivity contribution in [3.63, 3.8) is 0 Å². The molecule has 0 radical (unpaired) electrons. The summed E-state index contributed by atoms with van der Waals surface area (Å²) in [6.07, 6.45) is 0. The van der Waals surface area contributed by atoms with Gasteiger partial charge in [0.1, 0.15) is 11.5 Å². The number of ether oxygens (including phenoxy) is 2. The van der Waals surface area contributed by atoms with E-state index in [1.165, 1.54) is 0 Å². The third-order valence-corrected chi connectivity index (χ3v) is 5.56. The molecule has 0 atom stereocenters. The maximum Gasteiger partial charge on any atom is 0.127 e. The number of methoxy groups -OCH3 is 2. The minimum atomic E-state index is 0.827. The third-order valence-electron chi connectivity index (χ3n) is 4.58. The molecule has 4 aromatic carbocycles. The van der Waals surface area contributed by atoms with Crippen LogP contribution in [0, 0.1) is 0 Å². The van der Waals surface area contributed by atoms with Gasteiger partial charge in [-0.3, -0.25) is 0 Å². The summed E-state index contributed by atoms with van der Waals surface area (Å²) in [5, 5.41) is 4.54. The van der Waals surface area contributed by atoms with Crippen LogP contribution < -0.4 is 9.47 Å². The third kappa shape index (κ3) is 2.87. The van der Waals surface area contributed by atoms with Gasteiger partial charge in [0.25, 0.3) is 0 Å². The Morgan fingerprint density at radius 1 is 0.577 bits per heavy atom. The van der Waals surface area contributed by atoms with Crippen LogP contribution >= 0.6 is 31.9 Å².